The lowest BCUT2D eigenvalue weighted by Crippen LogP contribution is -2.49. The van der Waals surface area contributed by atoms with Gasteiger partial charge in [0.25, 0.3) is 5.69 Å². The molecular weight excluding hydrogens is 270 g/mol. The zero-order valence-electron chi connectivity index (χ0n) is 12.2. The molecule has 0 spiro atoms. The summed E-state index contributed by atoms with van der Waals surface area (Å²) in [6, 6.07) is 6.46. The first-order valence-electron chi connectivity index (χ1n) is 7.35. The van der Waals surface area contributed by atoms with Gasteiger partial charge in [-0.3, -0.25) is 14.9 Å². The first kappa shape index (κ1) is 15.4. The average molecular weight is 291 g/mol. The molecule has 0 bridgehead atoms. The second kappa shape index (κ2) is 7.17. The number of amides is 1. The maximum absolute atomic E-state index is 12.4. The van der Waals surface area contributed by atoms with Crippen LogP contribution in [-0.4, -0.2) is 41.4 Å². The monoisotopic (exact) mass is 291 g/mol. The highest BCUT2D eigenvalue weighted by molar-refractivity contribution is 5.79. The molecule has 0 aromatic heterocycles. The van der Waals surface area contributed by atoms with Gasteiger partial charge in [-0.1, -0.05) is 12.1 Å². The van der Waals surface area contributed by atoms with Crippen LogP contribution in [0.1, 0.15) is 25.3 Å². The predicted octanol–water partition coefficient (Wildman–Crippen LogP) is 1.74. The van der Waals surface area contributed by atoms with E-state index in [0.29, 0.717) is 13.0 Å². The topological polar surface area (TPSA) is 75.5 Å². The summed E-state index contributed by atoms with van der Waals surface area (Å²) in [7, 11) is 0. The Morgan fingerprint density at radius 3 is 2.67 bits per heavy atom. The summed E-state index contributed by atoms with van der Waals surface area (Å²) >= 11 is 0. The first-order valence-corrected chi connectivity index (χ1v) is 7.35. The summed E-state index contributed by atoms with van der Waals surface area (Å²) in [5.41, 5.74) is 0.864. The minimum atomic E-state index is -0.433. The Balaban J connectivity index is 1.99. The minimum absolute atomic E-state index is 0.0510. The Hall–Kier alpha value is -1.95. The fourth-order valence-corrected chi connectivity index (χ4v) is 2.75. The van der Waals surface area contributed by atoms with Crippen molar-refractivity contribution < 1.29 is 9.72 Å². The Bertz CT molecular complexity index is 495. The molecule has 1 saturated heterocycles. The number of piperidine rings is 1. The molecule has 1 amide bonds. The van der Waals surface area contributed by atoms with Gasteiger partial charge in [0.2, 0.25) is 5.91 Å². The SMILES string of the molecule is CCN(C(=O)Cc1ccc([N+](=O)[O-])cc1)C1CCCNC1. The highest BCUT2D eigenvalue weighted by Gasteiger charge is 2.23. The molecule has 1 N–H and O–H groups in total. The summed E-state index contributed by atoms with van der Waals surface area (Å²) in [6.45, 7) is 4.55. The number of carbonyl (C=O) groups excluding carboxylic acids is 1. The predicted molar refractivity (Wildman–Crippen MR) is 80.1 cm³/mol. The molecule has 1 fully saturated rings. The summed E-state index contributed by atoms with van der Waals surface area (Å²) in [4.78, 5) is 24.5. The molecule has 21 heavy (non-hydrogen) atoms. The van der Waals surface area contributed by atoms with Gasteiger partial charge in [0, 0.05) is 31.3 Å². The Morgan fingerprint density at radius 1 is 1.43 bits per heavy atom. The summed E-state index contributed by atoms with van der Waals surface area (Å²) in [6.07, 6.45) is 2.42. The number of nitrogens with one attached hydrogen (secondary N) is 1. The lowest BCUT2D eigenvalue weighted by molar-refractivity contribution is -0.384. The number of hydrogen-bond donors (Lipinski definition) is 1. The van der Waals surface area contributed by atoms with Crippen LogP contribution in [0.2, 0.25) is 0 Å². The van der Waals surface area contributed by atoms with E-state index >= 15 is 0 Å². The van der Waals surface area contributed by atoms with Crippen LogP contribution in [0.4, 0.5) is 5.69 Å². The van der Waals surface area contributed by atoms with E-state index in [-0.39, 0.29) is 17.6 Å². The van der Waals surface area contributed by atoms with Gasteiger partial charge in [0.1, 0.15) is 0 Å². The van der Waals surface area contributed by atoms with Gasteiger partial charge in [0.15, 0.2) is 0 Å². The second-order valence-corrected chi connectivity index (χ2v) is 5.28. The van der Waals surface area contributed by atoms with E-state index in [0.717, 1.165) is 31.5 Å². The molecule has 1 aliphatic heterocycles. The molecule has 1 aromatic carbocycles. The molecule has 6 nitrogen and oxygen atoms in total. The Kier molecular flexibility index (Phi) is 5.27. The number of benzene rings is 1. The van der Waals surface area contributed by atoms with E-state index in [1.54, 1.807) is 12.1 Å². The molecule has 0 radical (unpaired) electrons. The quantitative estimate of drug-likeness (QED) is 0.662. The average Bonchev–Trinajstić information content (AvgIpc) is 2.49. The molecule has 2 rings (SSSR count). The van der Waals surface area contributed by atoms with Gasteiger partial charge < -0.3 is 10.2 Å². The second-order valence-electron chi connectivity index (χ2n) is 5.28. The number of nitro benzene ring substituents is 1. The van der Waals surface area contributed by atoms with Crippen molar-refractivity contribution in [3.8, 4) is 0 Å². The van der Waals surface area contributed by atoms with Crippen LogP contribution >= 0.6 is 0 Å². The molecule has 1 aliphatic rings. The molecule has 0 saturated carbocycles. The van der Waals surface area contributed by atoms with Gasteiger partial charge >= 0.3 is 0 Å². The van der Waals surface area contributed by atoms with Crippen LogP contribution in [0.3, 0.4) is 0 Å². The number of likely N-dealkylation sites (N-methyl/N-ethyl adjacent to an activating group) is 1. The third-order valence-electron chi connectivity index (χ3n) is 3.88. The number of rotatable bonds is 5. The van der Waals surface area contributed by atoms with Crippen LogP contribution < -0.4 is 5.32 Å². The van der Waals surface area contributed by atoms with Gasteiger partial charge in [-0.05, 0) is 31.9 Å². The molecule has 1 aromatic rings. The highest BCUT2D eigenvalue weighted by Crippen LogP contribution is 2.15. The van der Waals surface area contributed by atoms with Crippen molar-refractivity contribution in [2.24, 2.45) is 0 Å². The Morgan fingerprint density at radius 2 is 2.14 bits per heavy atom. The van der Waals surface area contributed by atoms with Crippen molar-refractivity contribution in [2.75, 3.05) is 19.6 Å². The van der Waals surface area contributed by atoms with Gasteiger partial charge in [-0.2, -0.15) is 0 Å². The van der Waals surface area contributed by atoms with E-state index in [2.05, 4.69) is 5.32 Å². The van der Waals surface area contributed by atoms with Crippen LogP contribution in [0.5, 0.6) is 0 Å². The Labute approximate surface area is 124 Å². The standard InChI is InChI=1S/C15H21N3O3/c1-2-17(14-4-3-9-16-11-14)15(19)10-12-5-7-13(8-6-12)18(20)21/h5-8,14,16H,2-4,9-11H2,1H3. The van der Waals surface area contributed by atoms with Crippen molar-refractivity contribution >= 4 is 11.6 Å². The van der Waals surface area contributed by atoms with Crippen LogP contribution in [0.25, 0.3) is 0 Å². The minimum Gasteiger partial charge on any atom is -0.338 e. The third-order valence-corrected chi connectivity index (χ3v) is 3.88. The lowest BCUT2D eigenvalue weighted by atomic mass is 10.0. The van der Waals surface area contributed by atoms with E-state index in [1.807, 2.05) is 11.8 Å². The van der Waals surface area contributed by atoms with Gasteiger partial charge in [0.05, 0.1) is 11.3 Å². The molecular formula is C15H21N3O3. The maximum atomic E-state index is 12.4. The molecule has 1 unspecified atom stereocenters. The van der Waals surface area contributed by atoms with Crippen molar-refractivity contribution in [1.29, 1.82) is 0 Å². The van der Waals surface area contributed by atoms with Crippen LogP contribution in [0, 0.1) is 10.1 Å². The summed E-state index contributed by atoms with van der Waals surface area (Å²) in [5.74, 6) is 0.0834. The van der Waals surface area contributed by atoms with E-state index in [9.17, 15) is 14.9 Å². The van der Waals surface area contributed by atoms with Crippen molar-refractivity contribution in [1.82, 2.24) is 10.2 Å². The van der Waals surface area contributed by atoms with Crippen molar-refractivity contribution in [3.05, 3.63) is 39.9 Å². The molecule has 114 valence electrons. The molecule has 1 atom stereocenters. The lowest BCUT2D eigenvalue weighted by Gasteiger charge is -2.34. The van der Waals surface area contributed by atoms with Crippen molar-refractivity contribution in [2.45, 2.75) is 32.2 Å². The van der Waals surface area contributed by atoms with Gasteiger partial charge in [-0.15, -0.1) is 0 Å². The van der Waals surface area contributed by atoms with Crippen molar-refractivity contribution in [3.63, 3.8) is 0 Å². The van der Waals surface area contributed by atoms with Gasteiger partial charge in [-0.25, -0.2) is 0 Å². The fraction of sp³-hybridized carbons (Fsp3) is 0.533. The number of carbonyl (C=O) groups is 1. The zero-order chi connectivity index (χ0) is 15.2. The number of hydrogen-bond acceptors (Lipinski definition) is 4. The number of nitro groups is 1. The van der Waals surface area contributed by atoms with Crippen LogP contribution in [0.15, 0.2) is 24.3 Å². The normalized spacial score (nSPS) is 18.2. The number of nitrogens with zero attached hydrogens (tertiary/aromatic N) is 2. The van der Waals surface area contributed by atoms with Crippen LogP contribution in [-0.2, 0) is 11.2 Å². The third kappa shape index (κ3) is 4.01. The molecule has 1 heterocycles. The van der Waals surface area contributed by atoms with E-state index in [4.69, 9.17) is 0 Å². The highest BCUT2D eigenvalue weighted by atomic mass is 16.6. The maximum Gasteiger partial charge on any atom is 0.269 e. The largest absolute Gasteiger partial charge is 0.338 e. The first-order chi connectivity index (χ1) is 10.1. The zero-order valence-corrected chi connectivity index (χ0v) is 12.2. The number of non-ortho nitro benzene ring substituents is 1. The van der Waals surface area contributed by atoms with E-state index in [1.165, 1.54) is 12.1 Å². The smallest absolute Gasteiger partial charge is 0.269 e. The molecule has 0 aliphatic carbocycles. The summed E-state index contributed by atoms with van der Waals surface area (Å²) in [5, 5.41) is 13.9. The fourth-order valence-electron chi connectivity index (χ4n) is 2.75. The molecule has 6 heteroatoms. The van der Waals surface area contributed by atoms with E-state index < -0.39 is 4.92 Å². The summed E-state index contributed by atoms with van der Waals surface area (Å²) < 4.78 is 0.